The molecule has 0 saturated heterocycles. The number of benzene rings is 1. The van der Waals surface area contributed by atoms with Gasteiger partial charge in [0, 0.05) is 6.54 Å². The minimum absolute atomic E-state index is 0.971. The fourth-order valence-electron chi connectivity index (χ4n) is 1.97. The van der Waals surface area contributed by atoms with Crippen molar-refractivity contribution in [3.63, 3.8) is 0 Å². The first-order chi connectivity index (χ1) is 7.20. The standard InChI is InChI=1S/C14H21N/c1-5-14-12(4)11(3)7-8-13(14)9-10-15-6-2/h6-8,15H,2,5,9-10H2,1,3-4H3. The van der Waals surface area contributed by atoms with E-state index < -0.39 is 0 Å². The van der Waals surface area contributed by atoms with Gasteiger partial charge in [-0.2, -0.15) is 0 Å². The molecule has 0 aliphatic heterocycles. The molecule has 0 aliphatic carbocycles. The first-order valence-corrected chi connectivity index (χ1v) is 5.63. The molecule has 0 saturated carbocycles. The molecule has 0 spiro atoms. The molecule has 0 unspecified atom stereocenters. The van der Waals surface area contributed by atoms with E-state index >= 15 is 0 Å². The molecule has 1 rings (SSSR count). The molecule has 0 aliphatic rings. The number of rotatable bonds is 5. The van der Waals surface area contributed by atoms with Crippen LogP contribution < -0.4 is 5.32 Å². The van der Waals surface area contributed by atoms with Gasteiger partial charge in [0.15, 0.2) is 0 Å². The molecule has 0 radical (unpaired) electrons. The van der Waals surface area contributed by atoms with Crippen LogP contribution in [0.2, 0.25) is 0 Å². The van der Waals surface area contributed by atoms with E-state index in [4.69, 9.17) is 0 Å². The van der Waals surface area contributed by atoms with E-state index in [9.17, 15) is 0 Å². The van der Waals surface area contributed by atoms with Gasteiger partial charge in [-0.15, -0.1) is 0 Å². The topological polar surface area (TPSA) is 12.0 Å². The molecule has 0 heterocycles. The van der Waals surface area contributed by atoms with Crippen LogP contribution in [0.3, 0.4) is 0 Å². The third-order valence-corrected chi connectivity index (χ3v) is 3.00. The maximum Gasteiger partial charge on any atom is 0.0181 e. The van der Waals surface area contributed by atoms with Crippen molar-refractivity contribution < 1.29 is 0 Å². The largest absolute Gasteiger partial charge is 0.391 e. The second-order valence-electron chi connectivity index (χ2n) is 3.91. The van der Waals surface area contributed by atoms with Crippen molar-refractivity contribution in [2.45, 2.75) is 33.6 Å². The lowest BCUT2D eigenvalue weighted by atomic mass is 9.94. The summed E-state index contributed by atoms with van der Waals surface area (Å²) in [7, 11) is 0. The molecule has 1 aromatic carbocycles. The Labute approximate surface area is 93.2 Å². The van der Waals surface area contributed by atoms with E-state index in [2.05, 4.69) is 44.8 Å². The quantitative estimate of drug-likeness (QED) is 0.725. The highest BCUT2D eigenvalue weighted by molar-refractivity contribution is 5.39. The third-order valence-electron chi connectivity index (χ3n) is 3.00. The van der Waals surface area contributed by atoms with Gasteiger partial charge < -0.3 is 5.32 Å². The highest BCUT2D eigenvalue weighted by Gasteiger charge is 2.05. The predicted octanol–water partition coefficient (Wildman–Crippen LogP) is 3.14. The fourth-order valence-corrected chi connectivity index (χ4v) is 1.97. The minimum atomic E-state index is 0.971. The van der Waals surface area contributed by atoms with Crippen LogP contribution in [-0.4, -0.2) is 6.54 Å². The van der Waals surface area contributed by atoms with Crippen molar-refractivity contribution in [3.8, 4) is 0 Å². The summed E-state index contributed by atoms with van der Waals surface area (Å²) in [5, 5.41) is 3.15. The van der Waals surface area contributed by atoms with Crippen LogP contribution in [0, 0.1) is 13.8 Å². The van der Waals surface area contributed by atoms with E-state index in [0.717, 1.165) is 19.4 Å². The highest BCUT2D eigenvalue weighted by Crippen LogP contribution is 2.19. The Hall–Kier alpha value is -1.24. The van der Waals surface area contributed by atoms with Gasteiger partial charge in [-0.1, -0.05) is 25.6 Å². The van der Waals surface area contributed by atoms with Crippen molar-refractivity contribution in [2.75, 3.05) is 6.54 Å². The van der Waals surface area contributed by atoms with Crippen LogP contribution in [-0.2, 0) is 12.8 Å². The van der Waals surface area contributed by atoms with E-state index in [1.54, 1.807) is 6.20 Å². The summed E-state index contributed by atoms with van der Waals surface area (Å²) in [6, 6.07) is 4.48. The fraction of sp³-hybridized carbons (Fsp3) is 0.429. The zero-order valence-electron chi connectivity index (χ0n) is 10.1. The van der Waals surface area contributed by atoms with Crippen molar-refractivity contribution in [1.82, 2.24) is 5.32 Å². The molecule has 0 amide bonds. The summed E-state index contributed by atoms with van der Waals surface area (Å²) in [5.41, 5.74) is 5.83. The third kappa shape index (κ3) is 2.85. The van der Waals surface area contributed by atoms with Crippen LogP contribution in [0.15, 0.2) is 24.9 Å². The molecule has 0 atom stereocenters. The lowest BCUT2D eigenvalue weighted by Crippen LogP contribution is -2.11. The average Bonchev–Trinajstić information content (AvgIpc) is 2.24. The van der Waals surface area contributed by atoms with Gasteiger partial charge in [0.05, 0.1) is 0 Å². The Kier molecular flexibility index (Phi) is 4.41. The molecule has 1 aromatic rings. The maximum absolute atomic E-state index is 3.66. The Bertz CT molecular complexity index is 339. The summed E-state index contributed by atoms with van der Waals surface area (Å²) in [6.45, 7) is 11.3. The van der Waals surface area contributed by atoms with Crippen molar-refractivity contribution in [3.05, 3.63) is 47.2 Å². The van der Waals surface area contributed by atoms with Gasteiger partial charge in [-0.05, 0) is 55.1 Å². The van der Waals surface area contributed by atoms with Crippen LogP contribution in [0.1, 0.15) is 29.2 Å². The molecular formula is C14H21N. The number of nitrogens with one attached hydrogen (secondary N) is 1. The molecular weight excluding hydrogens is 182 g/mol. The highest BCUT2D eigenvalue weighted by atomic mass is 14.8. The average molecular weight is 203 g/mol. The van der Waals surface area contributed by atoms with Crippen LogP contribution in [0.4, 0.5) is 0 Å². The van der Waals surface area contributed by atoms with Gasteiger partial charge >= 0.3 is 0 Å². The van der Waals surface area contributed by atoms with E-state index in [1.807, 2.05) is 0 Å². The molecule has 0 aromatic heterocycles. The Morgan fingerprint density at radius 1 is 1.33 bits per heavy atom. The normalized spacial score (nSPS) is 10.1. The van der Waals surface area contributed by atoms with E-state index in [0.29, 0.717) is 0 Å². The molecule has 0 bridgehead atoms. The van der Waals surface area contributed by atoms with Crippen molar-refractivity contribution >= 4 is 0 Å². The van der Waals surface area contributed by atoms with Crippen molar-refractivity contribution in [2.24, 2.45) is 0 Å². The van der Waals surface area contributed by atoms with Crippen molar-refractivity contribution in [1.29, 1.82) is 0 Å². The molecule has 15 heavy (non-hydrogen) atoms. The summed E-state index contributed by atoms with van der Waals surface area (Å²) < 4.78 is 0. The molecule has 0 fully saturated rings. The number of hydrogen-bond donors (Lipinski definition) is 1. The van der Waals surface area contributed by atoms with Crippen LogP contribution in [0.25, 0.3) is 0 Å². The lowest BCUT2D eigenvalue weighted by molar-refractivity contribution is 0.822. The second kappa shape index (κ2) is 5.59. The molecule has 82 valence electrons. The minimum Gasteiger partial charge on any atom is -0.391 e. The van der Waals surface area contributed by atoms with E-state index in [-0.39, 0.29) is 0 Å². The van der Waals surface area contributed by atoms with Gasteiger partial charge in [0.2, 0.25) is 0 Å². The number of hydrogen-bond acceptors (Lipinski definition) is 1. The van der Waals surface area contributed by atoms with E-state index in [1.165, 1.54) is 22.3 Å². The van der Waals surface area contributed by atoms with Gasteiger partial charge in [0.1, 0.15) is 0 Å². The first kappa shape index (κ1) is 11.8. The molecule has 1 nitrogen and oxygen atoms in total. The summed E-state index contributed by atoms with van der Waals surface area (Å²) >= 11 is 0. The second-order valence-corrected chi connectivity index (χ2v) is 3.91. The molecule has 1 N–H and O–H groups in total. The van der Waals surface area contributed by atoms with Gasteiger partial charge in [-0.3, -0.25) is 0 Å². The lowest BCUT2D eigenvalue weighted by Gasteiger charge is -2.13. The maximum atomic E-state index is 3.66. The molecule has 1 heteroatoms. The monoisotopic (exact) mass is 203 g/mol. The Morgan fingerprint density at radius 2 is 2.07 bits per heavy atom. The predicted molar refractivity (Wildman–Crippen MR) is 67.2 cm³/mol. The first-order valence-electron chi connectivity index (χ1n) is 5.63. The Morgan fingerprint density at radius 3 is 2.67 bits per heavy atom. The van der Waals surface area contributed by atoms with Crippen LogP contribution >= 0.6 is 0 Å². The summed E-state index contributed by atoms with van der Waals surface area (Å²) in [4.78, 5) is 0. The van der Waals surface area contributed by atoms with Crippen LogP contribution in [0.5, 0.6) is 0 Å². The summed E-state index contributed by atoms with van der Waals surface area (Å²) in [6.07, 6.45) is 3.96. The zero-order chi connectivity index (χ0) is 11.3. The van der Waals surface area contributed by atoms with Gasteiger partial charge in [-0.25, -0.2) is 0 Å². The smallest absolute Gasteiger partial charge is 0.0181 e. The SMILES string of the molecule is C=CNCCc1ccc(C)c(C)c1CC. The zero-order valence-corrected chi connectivity index (χ0v) is 10.1. The summed E-state index contributed by atoms with van der Waals surface area (Å²) in [5.74, 6) is 0. The van der Waals surface area contributed by atoms with Gasteiger partial charge in [0.25, 0.3) is 0 Å². The Balaban J connectivity index is 2.87. The number of aryl methyl sites for hydroxylation is 1.